The van der Waals surface area contributed by atoms with Crippen LogP contribution in [0, 0.1) is 0 Å². The van der Waals surface area contributed by atoms with E-state index < -0.39 is 0 Å². The number of ether oxygens (including phenoxy) is 1. The van der Waals surface area contributed by atoms with Gasteiger partial charge in [-0.2, -0.15) is 4.98 Å². The highest BCUT2D eigenvalue weighted by Gasteiger charge is 2.21. The molecule has 35 heavy (non-hydrogen) atoms. The molecule has 8 heteroatoms. The minimum Gasteiger partial charge on any atom is -0.497 e. The first kappa shape index (κ1) is 25.1. The molecule has 0 saturated heterocycles. The highest BCUT2D eigenvalue weighted by atomic mass is 35.5. The Morgan fingerprint density at radius 3 is 2.63 bits per heavy atom. The third kappa shape index (κ3) is 5.63. The van der Waals surface area contributed by atoms with Crippen LogP contribution < -0.4 is 15.4 Å². The third-order valence-electron chi connectivity index (χ3n) is 6.77. The van der Waals surface area contributed by atoms with E-state index in [1.54, 1.807) is 7.11 Å². The lowest BCUT2D eigenvalue weighted by molar-refractivity contribution is 0.293. The van der Waals surface area contributed by atoms with Crippen molar-refractivity contribution in [3.05, 3.63) is 53.2 Å². The van der Waals surface area contributed by atoms with E-state index >= 15 is 0 Å². The molecule has 0 aliphatic rings. The summed E-state index contributed by atoms with van der Waals surface area (Å²) >= 11 is 6.26. The van der Waals surface area contributed by atoms with Crippen LogP contribution in [0.25, 0.3) is 21.8 Å². The summed E-state index contributed by atoms with van der Waals surface area (Å²) in [5.74, 6) is 1.91. The van der Waals surface area contributed by atoms with Crippen molar-refractivity contribution < 1.29 is 4.74 Å². The van der Waals surface area contributed by atoms with Gasteiger partial charge in [-0.25, -0.2) is 4.98 Å². The van der Waals surface area contributed by atoms with Gasteiger partial charge < -0.3 is 25.3 Å². The number of hydrogen-bond acceptors (Lipinski definition) is 6. The van der Waals surface area contributed by atoms with Crippen LogP contribution in [-0.4, -0.2) is 52.6 Å². The summed E-state index contributed by atoms with van der Waals surface area (Å²) in [4.78, 5) is 17.7. The van der Waals surface area contributed by atoms with Gasteiger partial charge in [0, 0.05) is 40.1 Å². The first-order chi connectivity index (χ1) is 16.9. The van der Waals surface area contributed by atoms with Crippen LogP contribution in [0.15, 0.2) is 42.6 Å². The molecule has 0 aliphatic carbocycles. The Morgan fingerprint density at radius 2 is 1.89 bits per heavy atom. The van der Waals surface area contributed by atoms with Crippen molar-refractivity contribution in [3.63, 3.8) is 0 Å². The van der Waals surface area contributed by atoms with Gasteiger partial charge in [-0.3, -0.25) is 0 Å². The van der Waals surface area contributed by atoms with E-state index in [-0.39, 0.29) is 6.04 Å². The first-order valence-corrected chi connectivity index (χ1v) is 12.7. The molecule has 4 rings (SSSR count). The number of aromatic nitrogens is 3. The molecule has 0 aliphatic heterocycles. The summed E-state index contributed by atoms with van der Waals surface area (Å²) in [5.41, 5.74) is 9.35. The Kier molecular flexibility index (Phi) is 7.98. The molecule has 4 aromatic rings. The lowest BCUT2D eigenvalue weighted by atomic mass is 10.1. The molecule has 186 valence electrons. The van der Waals surface area contributed by atoms with Crippen molar-refractivity contribution in [2.24, 2.45) is 0 Å². The fourth-order valence-electron chi connectivity index (χ4n) is 4.57. The second kappa shape index (κ2) is 11.1. The lowest BCUT2D eigenvalue weighted by Gasteiger charge is -2.30. The highest BCUT2D eigenvalue weighted by molar-refractivity contribution is 6.31. The number of aromatic amines is 1. The molecule has 0 spiro atoms. The normalized spacial score (nSPS) is 12.5. The summed E-state index contributed by atoms with van der Waals surface area (Å²) in [5, 5.41) is 2.56. The Hall–Kier alpha value is -3.03. The number of methoxy groups -OCH3 is 1. The van der Waals surface area contributed by atoms with Gasteiger partial charge in [-0.1, -0.05) is 25.4 Å². The van der Waals surface area contributed by atoms with Crippen molar-refractivity contribution in [1.29, 1.82) is 0 Å². The Bertz CT molecular complexity index is 1290. The van der Waals surface area contributed by atoms with E-state index in [1.807, 2.05) is 30.3 Å². The quantitative estimate of drug-likeness (QED) is 0.271. The van der Waals surface area contributed by atoms with Crippen LogP contribution in [0.4, 0.5) is 11.8 Å². The largest absolute Gasteiger partial charge is 0.497 e. The molecular formula is C27H35ClN6O. The summed E-state index contributed by atoms with van der Waals surface area (Å²) in [7, 11) is 1.69. The monoisotopic (exact) mass is 494 g/mol. The zero-order valence-corrected chi connectivity index (χ0v) is 21.8. The van der Waals surface area contributed by atoms with Gasteiger partial charge in [0.15, 0.2) is 0 Å². The average molecular weight is 495 g/mol. The first-order valence-electron chi connectivity index (χ1n) is 12.3. The number of nitrogen functional groups attached to an aromatic ring is 1. The fraction of sp³-hybridized carbons (Fsp3) is 0.407. The van der Waals surface area contributed by atoms with Crippen LogP contribution in [0.5, 0.6) is 5.75 Å². The van der Waals surface area contributed by atoms with Crippen molar-refractivity contribution >= 4 is 45.2 Å². The van der Waals surface area contributed by atoms with Crippen molar-refractivity contribution in [2.45, 2.75) is 46.2 Å². The minimum absolute atomic E-state index is 0.206. The van der Waals surface area contributed by atoms with Crippen molar-refractivity contribution in [2.75, 3.05) is 37.4 Å². The number of benzene rings is 2. The van der Waals surface area contributed by atoms with E-state index in [4.69, 9.17) is 32.0 Å². The molecule has 0 bridgehead atoms. The fourth-order valence-corrected chi connectivity index (χ4v) is 4.74. The van der Waals surface area contributed by atoms with Crippen LogP contribution in [-0.2, 0) is 6.54 Å². The molecule has 1 atom stereocenters. The van der Waals surface area contributed by atoms with Gasteiger partial charge in [-0.05, 0) is 81.4 Å². The standard InChI is InChI=1S/C27H35ClN6O/c1-5-33(6-2)13-7-8-18(3)34(17-19-16-30-24-12-10-21(35-4)15-23(19)24)27-31-25-14-20(28)9-11-22(25)26(29)32-27/h9-12,14-16,18,30H,5-8,13,17H2,1-4H3,(H2,29,31,32). The number of hydrogen-bond donors (Lipinski definition) is 2. The molecule has 2 aromatic carbocycles. The van der Waals surface area contributed by atoms with Gasteiger partial charge >= 0.3 is 0 Å². The molecule has 2 heterocycles. The maximum atomic E-state index is 6.37. The van der Waals surface area contributed by atoms with Gasteiger partial charge in [0.1, 0.15) is 11.6 Å². The number of nitrogens with one attached hydrogen (secondary N) is 1. The molecule has 0 radical (unpaired) electrons. The Labute approximate surface area is 212 Å². The number of nitrogens with two attached hydrogens (primary N) is 1. The van der Waals surface area contributed by atoms with Crippen LogP contribution in [0.1, 0.15) is 39.2 Å². The number of anilines is 2. The SMILES string of the molecule is CCN(CC)CCCC(C)N(Cc1c[nH]c2ccc(OC)cc12)c1nc(N)c2ccc(Cl)cc2n1. The zero-order chi connectivity index (χ0) is 24.9. The molecule has 2 aromatic heterocycles. The molecule has 0 fully saturated rings. The molecule has 7 nitrogen and oxygen atoms in total. The van der Waals surface area contributed by atoms with E-state index in [0.29, 0.717) is 23.3 Å². The topological polar surface area (TPSA) is 83.3 Å². The predicted molar refractivity (Wildman–Crippen MR) is 146 cm³/mol. The Balaban J connectivity index is 1.69. The van der Waals surface area contributed by atoms with Crippen LogP contribution in [0.3, 0.4) is 0 Å². The Morgan fingerprint density at radius 1 is 1.09 bits per heavy atom. The zero-order valence-electron chi connectivity index (χ0n) is 21.0. The van der Waals surface area contributed by atoms with Crippen LogP contribution >= 0.6 is 11.6 Å². The number of rotatable bonds is 11. The summed E-state index contributed by atoms with van der Waals surface area (Å²) in [6, 6.07) is 11.8. The van der Waals surface area contributed by atoms with Gasteiger partial charge in [0.2, 0.25) is 5.95 Å². The predicted octanol–water partition coefficient (Wildman–Crippen LogP) is 5.87. The third-order valence-corrected chi connectivity index (χ3v) is 7.01. The van der Waals surface area contributed by atoms with Gasteiger partial charge in [0.25, 0.3) is 0 Å². The molecule has 0 saturated carbocycles. The van der Waals surface area contributed by atoms with E-state index in [2.05, 4.69) is 47.8 Å². The summed E-state index contributed by atoms with van der Waals surface area (Å²) in [6.07, 6.45) is 4.16. The number of H-pyrrole nitrogens is 1. The lowest BCUT2D eigenvalue weighted by Crippen LogP contribution is -2.35. The number of fused-ring (bicyclic) bond motifs is 2. The minimum atomic E-state index is 0.206. The van der Waals surface area contributed by atoms with E-state index in [9.17, 15) is 0 Å². The molecular weight excluding hydrogens is 460 g/mol. The van der Waals surface area contributed by atoms with Gasteiger partial charge in [0.05, 0.1) is 12.6 Å². The van der Waals surface area contributed by atoms with E-state index in [0.717, 1.165) is 65.6 Å². The maximum absolute atomic E-state index is 6.37. The van der Waals surface area contributed by atoms with Crippen LogP contribution in [0.2, 0.25) is 5.02 Å². The number of nitrogens with zero attached hydrogens (tertiary/aromatic N) is 4. The molecule has 0 amide bonds. The van der Waals surface area contributed by atoms with Gasteiger partial charge in [-0.15, -0.1) is 0 Å². The van der Waals surface area contributed by atoms with Crippen molar-refractivity contribution in [3.8, 4) is 5.75 Å². The second-order valence-electron chi connectivity index (χ2n) is 8.94. The molecule has 3 N–H and O–H groups in total. The maximum Gasteiger partial charge on any atom is 0.228 e. The summed E-state index contributed by atoms with van der Waals surface area (Å²) in [6.45, 7) is 10.5. The van der Waals surface area contributed by atoms with E-state index in [1.165, 1.54) is 0 Å². The molecule has 1 unspecified atom stereocenters. The smallest absolute Gasteiger partial charge is 0.228 e. The highest BCUT2D eigenvalue weighted by Crippen LogP contribution is 2.29. The second-order valence-corrected chi connectivity index (χ2v) is 9.38. The number of halogens is 1. The van der Waals surface area contributed by atoms with Crippen molar-refractivity contribution in [1.82, 2.24) is 19.9 Å². The summed E-state index contributed by atoms with van der Waals surface area (Å²) < 4.78 is 5.47. The average Bonchev–Trinajstić information content (AvgIpc) is 3.26.